The summed E-state index contributed by atoms with van der Waals surface area (Å²) in [6.07, 6.45) is 0. The minimum Gasteiger partial charge on any atom is -0.497 e. The van der Waals surface area contributed by atoms with E-state index >= 15 is 0 Å². The number of methoxy groups -OCH3 is 1. The lowest BCUT2D eigenvalue weighted by Crippen LogP contribution is -2.06. The lowest BCUT2D eigenvalue weighted by atomic mass is 10.2. The van der Waals surface area contributed by atoms with Gasteiger partial charge in [0.15, 0.2) is 5.16 Å². The van der Waals surface area contributed by atoms with Crippen LogP contribution in [0.15, 0.2) is 29.4 Å². The van der Waals surface area contributed by atoms with Crippen LogP contribution in [0.1, 0.15) is 11.4 Å². The molecule has 0 bridgehead atoms. The highest BCUT2D eigenvalue weighted by atomic mass is 32.2. The Morgan fingerprint density at radius 3 is 2.65 bits per heavy atom. The number of thioether (sulfide) groups is 1. The highest BCUT2D eigenvalue weighted by Gasteiger charge is 2.11. The van der Waals surface area contributed by atoms with Gasteiger partial charge in [-0.05, 0) is 24.6 Å². The summed E-state index contributed by atoms with van der Waals surface area (Å²) in [6.45, 7) is 2.45. The molecule has 1 aromatic heterocycles. The number of ether oxygens (including phenoxy) is 1. The fraction of sp³-hybridized carbons (Fsp3) is 0.308. The van der Waals surface area contributed by atoms with Gasteiger partial charge in [-0.3, -0.25) is 4.79 Å². The minimum absolute atomic E-state index is 0.0270. The predicted octanol–water partition coefficient (Wildman–Crippen LogP) is 1.82. The van der Waals surface area contributed by atoms with Gasteiger partial charge < -0.3 is 14.4 Å². The summed E-state index contributed by atoms with van der Waals surface area (Å²) in [7, 11) is 1.62. The van der Waals surface area contributed by atoms with Crippen LogP contribution in [0.3, 0.4) is 0 Å². The van der Waals surface area contributed by atoms with E-state index in [9.17, 15) is 4.79 Å². The molecule has 0 aliphatic carbocycles. The average molecular weight is 293 g/mol. The number of aromatic nitrogens is 3. The second-order valence-electron chi connectivity index (χ2n) is 4.15. The van der Waals surface area contributed by atoms with Crippen LogP contribution < -0.4 is 4.74 Å². The van der Waals surface area contributed by atoms with Gasteiger partial charge >= 0.3 is 5.97 Å². The second-order valence-corrected chi connectivity index (χ2v) is 5.09. The van der Waals surface area contributed by atoms with Crippen molar-refractivity contribution >= 4 is 17.7 Å². The lowest BCUT2D eigenvalue weighted by Gasteiger charge is -2.08. The summed E-state index contributed by atoms with van der Waals surface area (Å²) in [5.41, 5.74) is 1.07. The van der Waals surface area contributed by atoms with Crippen LogP contribution in [0, 0.1) is 6.92 Å². The van der Waals surface area contributed by atoms with Crippen LogP contribution >= 0.6 is 11.8 Å². The Labute approximate surface area is 120 Å². The molecule has 2 aromatic rings. The molecular formula is C13H15N3O3S. The molecule has 1 N–H and O–H groups in total. The maximum Gasteiger partial charge on any atom is 0.313 e. The zero-order valence-corrected chi connectivity index (χ0v) is 12.1. The fourth-order valence-corrected chi connectivity index (χ4v) is 2.39. The molecule has 1 aromatic carbocycles. The lowest BCUT2D eigenvalue weighted by molar-refractivity contribution is -0.133. The summed E-state index contributed by atoms with van der Waals surface area (Å²) >= 11 is 1.17. The van der Waals surface area contributed by atoms with Gasteiger partial charge in [-0.15, -0.1) is 10.2 Å². The van der Waals surface area contributed by atoms with Gasteiger partial charge in [0.25, 0.3) is 0 Å². The van der Waals surface area contributed by atoms with Crippen molar-refractivity contribution in [3.63, 3.8) is 0 Å². The van der Waals surface area contributed by atoms with E-state index in [0.29, 0.717) is 11.7 Å². The molecule has 1 heterocycles. The Bertz CT molecular complexity index is 595. The number of aliphatic carboxylic acids is 1. The van der Waals surface area contributed by atoms with E-state index < -0.39 is 5.97 Å². The number of benzene rings is 1. The first-order valence-electron chi connectivity index (χ1n) is 5.97. The van der Waals surface area contributed by atoms with E-state index in [0.717, 1.165) is 17.1 Å². The molecule has 0 atom stereocenters. The number of carboxylic acids is 1. The molecule has 0 radical (unpaired) electrons. The molecule has 2 rings (SSSR count). The van der Waals surface area contributed by atoms with Crippen molar-refractivity contribution in [3.8, 4) is 5.75 Å². The van der Waals surface area contributed by atoms with Gasteiger partial charge in [-0.1, -0.05) is 23.9 Å². The van der Waals surface area contributed by atoms with Crippen molar-refractivity contribution in [2.24, 2.45) is 0 Å². The Morgan fingerprint density at radius 2 is 2.05 bits per heavy atom. The minimum atomic E-state index is -0.869. The van der Waals surface area contributed by atoms with Crippen LogP contribution in [-0.2, 0) is 11.3 Å². The van der Waals surface area contributed by atoms with Crippen molar-refractivity contribution in [2.45, 2.75) is 18.6 Å². The van der Waals surface area contributed by atoms with Gasteiger partial charge in [0, 0.05) is 0 Å². The monoisotopic (exact) mass is 293 g/mol. The SMILES string of the molecule is COc1ccc(Cn2c(C)nnc2SCC(=O)O)cc1. The molecule has 0 unspecified atom stereocenters. The average Bonchev–Trinajstić information content (AvgIpc) is 2.78. The summed E-state index contributed by atoms with van der Waals surface area (Å²) in [5.74, 6) is 0.663. The van der Waals surface area contributed by atoms with Crippen molar-refractivity contribution in [2.75, 3.05) is 12.9 Å². The highest BCUT2D eigenvalue weighted by Crippen LogP contribution is 2.19. The summed E-state index contributed by atoms with van der Waals surface area (Å²) in [5, 5.41) is 17.3. The third-order valence-electron chi connectivity index (χ3n) is 2.73. The number of nitrogens with zero attached hydrogens (tertiary/aromatic N) is 3. The molecule has 106 valence electrons. The van der Waals surface area contributed by atoms with E-state index in [-0.39, 0.29) is 5.75 Å². The quantitative estimate of drug-likeness (QED) is 0.819. The summed E-state index contributed by atoms with van der Waals surface area (Å²) in [4.78, 5) is 10.6. The first kappa shape index (κ1) is 14.4. The molecule has 0 amide bonds. The van der Waals surface area contributed by atoms with Crippen molar-refractivity contribution in [1.29, 1.82) is 0 Å². The number of aryl methyl sites for hydroxylation is 1. The molecule has 0 spiro atoms. The molecule has 6 nitrogen and oxygen atoms in total. The Balaban J connectivity index is 2.14. The van der Waals surface area contributed by atoms with Gasteiger partial charge in [0.1, 0.15) is 11.6 Å². The Hall–Kier alpha value is -2.02. The van der Waals surface area contributed by atoms with E-state index in [1.807, 2.05) is 35.8 Å². The number of carbonyl (C=O) groups is 1. The molecule has 0 saturated heterocycles. The van der Waals surface area contributed by atoms with Crippen LogP contribution in [0.4, 0.5) is 0 Å². The van der Waals surface area contributed by atoms with E-state index in [1.165, 1.54) is 11.8 Å². The van der Waals surface area contributed by atoms with Crippen LogP contribution in [0.25, 0.3) is 0 Å². The number of hydrogen-bond acceptors (Lipinski definition) is 5. The van der Waals surface area contributed by atoms with E-state index in [1.54, 1.807) is 7.11 Å². The first-order chi connectivity index (χ1) is 9.60. The van der Waals surface area contributed by atoms with Gasteiger partial charge in [0.05, 0.1) is 19.4 Å². The Kier molecular flexibility index (Phi) is 4.62. The maximum atomic E-state index is 10.6. The highest BCUT2D eigenvalue weighted by molar-refractivity contribution is 7.99. The van der Waals surface area contributed by atoms with Gasteiger partial charge in [-0.25, -0.2) is 0 Å². The van der Waals surface area contributed by atoms with Gasteiger partial charge in [-0.2, -0.15) is 0 Å². The number of hydrogen-bond donors (Lipinski definition) is 1. The smallest absolute Gasteiger partial charge is 0.313 e. The number of carboxylic acid groups (broad SMARTS) is 1. The maximum absolute atomic E-state index is 10.6. The molecule has 0 aliphatic heterocycles. The van der Waals surface area contributed by atoms with Crippen LogP contribution in [-0.4, -0.2) is 38.7 Å². The predicted molar refractivity (Wildman–Crippen MR) is 75.2 cm³/mol. The van der Waals surface area contributed by atoms with E-state index in [2.05, 4.69) is 10.2 Å². The van der Waals surface area contributed by atoms with E-state index in [4.69, 9.17) is 9.84 Å². The van der Waals surface area contributed by atoms with Crippen LogP contribution in [0.5, 0.6) is 5.75 Å². The molecule has 20 heavy (non-hydrogen) atoms. The topological polar surface area (TPSA) is 77.2 Å². The molecule has 0 fully saturated rings. The zero-order valence-electron chi connectivity index (χ0n) is 11.2. The van der Waals surface area contributed by atoms with Crippen molar-refractivity contribution in [3.05, 3.63) is 35.7 Å². The van der Waals surface area contributed by atoms with Gasteiger partial charge in [0.2, 0.25) is 0 Å². The molecule has 7 heteroatoms. The second kappa shape index (κ2) is 6.42. The van der Waals surface area contributed by atoms with Crippen molar-refractivity contribution in [1.82, 2.24) is 14.8 Å². The number of rotatable bonds is 6. The largest absolute Gasteiger partial charge is 0.497 e. The van der Waals surface area contributed by atoms with Crippen molar-refractivity contribution < 1.29 is 14.6 Å². The summed E-state index contributed by atoms with van der Waals surface area (Å²) < 4.78 is 7.01. The van der Waals surface area contributed by atoms with Crippen LogP contribution in [0.2, 0.25) is 0 Å². The third-order valence-corrected chi connectivity index (χ3v) is 3.68. The molecule has 0 aliphatic rings. The third kappa shape index (κ3) is 3.51. The fourth-order valence-electron chi connectivity index (χ4n) is 1.69. The normalized spacial score (nSPS) is 10.5. The zero-order chi connectivity index (χ0) is 14.5. The molecular weight excluding hydrogens is 278 g/mol. The summed E-state index contributed by atoms with van der Waals surface area (Å²) in [6, 6.07) is 7.70. The molecule has 0 saturated carbocycles. The standard InChI is InChI=1S/C13H15N3O3S/c1-9-14-15-13(20-8-12(17)18)16(9)7-10-3-5-11(19-2)6-4-10/h3-6H,7-8H2,1-2H3,(H,17,18). The Morgan fingerprint density at radius 1 is 1.35 bits per heavy atom. The first-order valence-corrected chi connectivity index (χ1v) is 6.96.